The van der Waals surface area contributed by atoms with Gasteiger partial charge in [0.1, 0.15) is 6.79 Å². The fourth-order valence-corrected chi connectivity index (χ4v) is 1.27. The molecule has 0 bridgehead atoms. The van der Waals surface area contributed by atoms with Gasteiger partial charge in [-0.25, -0.2) is 0 Å². The molecule has 2 atom stereocenters. The molecule has 0 aliphatic rings. The first-order chi connectivity index (χ1) is 7.52. The van der Waals surface area contributed by atoms with Crippen LogP contribution in [0, 0.1) is 11.8 Å². The number of rotatable bonds is 8. The fourth-order valence-electron chi connectivity index (χ4n) is 1.27. The Bertz CT molecular complexity index is 235. The minimum atomic E-state index is -0.767. The molecule has 0 radical (unpaired) electrons. The number of allylic oxidation sites excluding steroid dienone is 1. The first-order valence-electron chi connectivity index (χ1n) is 5.51. The van der Waals surface area contributed by atoms with E-state index in [1.54, 1.807) is 14.0 Å². The van der Waals surface area contributed by atoms with Crippen LogP contribution in [0.25, 0.3) is 0 Å². The lowest BCUT2D eigenvalue weighted by Gasteiger charge is -2.14. The van der Waals surface area contributed by atoms with Crippen molar-refractivity contribution in [1.29, 1.82) is 0 Å². The Morgan fingerprint density at radius 2 is 2.06 bits per heavy atom. The number of carbonyl (C=O) groups is 1. The molecule has 94 valence electrons. The number of methoxy groups -OCH3 is 1. The van der Waals surface area contributed by atoms with Gasteiger partial charge in [0.05, 0.1) is 12.5 Å². The molecule has 0 aromatic heterocycles. The Labute approximate surface area is 97.2 Å². The number of hydrogen-bond donors (Lipinski definition) is 1. The van der Waals surface area contributed by atoms with Gasteiger partial charge in [-0.05, 0) is 17.9 Å². The Kier molecular flexibility index (Phi) is 7.85. The van der Waals surface area contributed by atoms with Crippen LogP contribution >= 0.6 is 0 Å². The normalized spacial score (nSPS) is 15.9. The van der Waals surface area contributed by atoms with Gasteiger partial charge in [-0.15, -0.1) is 0 Å². The van der Waals surface area contributed by atoms with Gasteiger partial charge in [-0.2, -0.15) is 0 Å². The number of ether oxygens (including phenoxy) is 2. The molecule has 0 saturated carbocycles. The molecule has 1 N–H and O–H groups in total. The van der Waals surface area contributed by atoms with Crippen molar-refractivity contribution >= 4 is 5.97 Å². The van der Waals surface area contributed by atoms with Crippen LogP contribution < -0.4 is 0 Å². The number of carboxylic acids is 1. The summed E-state index contributed by atoms with van der Waals surface area (Å²) in [6, 6.07) is 0. The maximum atomic E-state index is 10.8. The third-order valence-electron chi connectivity index (χ3n) is 2.62. The predicted octanol–water partition coefficient (Wildman–Crippen LogP) is 2.30. The summed E-state index contributed by atoms with van der Waals surface area (Å²) >= 11 is 0. The van der Waals surface area contributed by atoms with E-state index in [4.69, 9.17) is 14.6 Å². The average Bonchev–Trinajstić information content (AvgIpc) is 2.26. The lowest BCUT2D eigenvalue weighted by Crippen LogP contribution is -2.17. The van der Waals surface area contributed by atoms with Crippen molar-refractivity contribution in [2.45, 2.75) is 27.2 Å². The summed E-state index contributed by atoms with van der Waals surface area (Å²) in [6.45, 7) is 6.42. The lowest BCUT2D eigenvalue weighted by atomic mass is 9.93. The predicted molar refractivity (Wildman–Crippen MR) is 62.2 cm³/mol. The quantitative estimate of drug-likeness (QED) is 0.395. The zero-order valence-corrected chi connectivity index (χ0v) is 10.5. The highest BCUT2D eigenvalue weighted by molar-refractivity contribution is 5.70. The van der Waals surface area contributed by atoms with Crippen LogP contribution in [0.4, 0.5) is 0 Å². The highest BCUT2D eigenvalue weighted by Crippen LogP contribution is 2.16. The first kappa shape index (κ1) is 15.1. The Morgan fingerprint density at radius 1 is 1.44 bits per heavy atom. The molecular formula is C12H22O4. The van der Waals surface area contributed by atoms with Gasteiger partial charge in [-0.1, -0.05) is 26.8 Å². The Hall–Kier alpha value is -0.870. The van der Waals surface area contributed by atoms with Gasteiger partial charge in [0, 0.05) is 7.11 Å². The molecule has 0 amide bonds. The lowest BCUT2D eigenvalue weighted by molar-refractivity contribution is -0.142. The molecule has 0 spiro atoms. The summed E-state index contributed by atoms with van der Waals surface area (Å²) in [5, 5.41) is 8.87. The number of aliphatic carboxylic acids is 1. The minimum Gasteiger partial charge on any atom is -0.481 e. The first-order valence-corrected chi connectivity index (χ1v) is 5.51. The van der Waals surface area contributed by atoms with Crippen molar-refractivity contribution in [3.63, 3.8) is 0 Å². The van der Waals surface area contributed by atoms with Gasteiger partial charge < -0.3 is 14.6 Å². The second kappa shape index (κ2) is 8.30. The number of hydrogen-bond acceptors (Lipinski definition) is 3. The van der Waals surface area contributed by atoms with E-state index in [0.717, 1.165) is 12.0 Å². The van der Waals surface area contributed by atoms with Crippen LogP contribution in [0.5, 0.6) is 0 Å². The van der Waals surface area contributed by atoms with Crippen LogP contribution in [0.15, 0.2) is 11.6 Å². The summed E-state index contributed by atoms with van der Waals surface area (Å²) in [5.41, 5.74) is 1.11. The van der Waals surface area contributed by atoms with E-state index >= 15 is 0 Å². The van der Waals surface area contributed by atoms with Crippen LogP contribution in [0.2, 0.25) is 0 Å². The van der Waals surface area contributed by atoms with Gasteiger partial charge >= 0.3 is 5.97 Å². The summed E-state index contributed by atoms with van der Waals surface area (Å²) in [4.78, 5) is 10.8. The van der Waals surface area contributed by atoms with E-state index in [1.165, 1.54) is 0 Å². The molecule has 0 rings (SSSR count). The molecule has 4 heteroatoms. The average molecular weight is 230 g/mol. The molecule has 0 aromatic rings. The van der Waals surface area contributed by atoms with Crippen molar-refractivity contribution in [1.82, 2.24) is 0 Å². The van der Waals surface area contributed by atoms with Crippen molar-refractivity contribution in [2.24, 2.45) is 11.8 Å². The minimum absolute atomic E-state index is 0.0126. The van der Waals surface area contributed by atoms with Crippen LogP contribution in [-0.4, -0.2) is 31.6 Å². The zero-order chi connectivity index (χ0) is 12.6. The van der Waals surface area contributed by atoms with Crippen LogP contribution in [0.1, 0.15) is 27.2 Å². The Balaban J connectivity index is 4.26. The summed E-state index contributed by atoms with van der Waals surface area (Å²) in [7, 11) is 1.57. The third-order valence-corrected chi connectivity index (χ3v) is 2.62. The second-order valence-electron chi connectivity index (χ2n) is 3.92. The molecular weight excluding hydrogens is 208 g/mol. The molecule has 4 nitrogen and oxygen atoms in total. The molecule has 0 saturated heterocycles. The van der Waals surface area contributed by atoms with E-state index in [-0.39, 0.29) is 18.6 Å². The van der Waals surface area contributed by atoms with Gasteiger partial charge in [-0.3, -0.25) is 4.79 Å². The molecule has 0 aliphatic carbocycles. The molecule has 0 fully saturated rings. The van der Waals surface area contributed by atoms with Gasteiger partial charge in [0.25, 0.3) is 0 Å². The van der Waals surface area contributed by atoms with Crippen molar-refractivity contribution in [2.75, 3.05) is 20.5 Å². The fraction of sp³-hybridized carbons (Fsp3) is 0.750. The van der Waals surface area contributed by atoms with Crippen molar-refractivity contribution < 1.29 is 19.4 Å². The van der Waals surface area contributed by atoms with E-state index in [9.17, 15) is 4.79 Å². The van der Waals surface area contributed by atoms with Crippen molar-refractivity contribution in [3.8, 4) is 0 Å². The SMILES string of the molecule is CC/C(=C\[C@H](C)[C@@H](C)C(=O)O)COCOC. The van der Waals surface area contributed by atoms with E-state index in [1.807, 2.05) is 19.9 Å². The standard InChI is InChI=1S/C12H22O4/c1-5-11(7-16-8-15-4)6-9(2)10(3)12(13)14/h6,9-10H,5,7-8H2,1-4H3,(H,13,14)/b11-6+/t9-,10+/m0/s1. The van der Waals surface area contributed by atoms with E-state index in [0.29, 0.717) is 6.61 Å². The Morgan fingerprint density at radius 3 is 2.50 bits per heavy atom. The third kappa shape index (κ3) is 5.88. The zero-order valence-electron chi connectivity index (χ0n) is 10.5. The van der Waals surface area contributed by atoms with Crippen molar-refractivity contribution in [3.05, 3.63) is 11.6 Å². The maximum absolute atomic E-state index is 10.8. The topological polar surface area (TPSA) is 55.8 Å². The maximum Gasteiger partial charge on any atom is 0.306 e. The second-order valence-corrected chi connectivity index (χ2v) is 3.92. The van der Waals surface area contributed by atoms with E-state index in [2.05, 4.69) is 0 Å². The van der Waals surface area contributed by atoms with E-state index < -0.39 is 5.97 Å². The van der Waals surface area contributed by atoms with Gasteiger partial charge in [0.15, 0.2) is 0 Å². The largest absolute Gasteiger partial charge is 0.481 e. The monoisotopic (exact) mass is 230 g/mol. The molecule has 0 unspecified atom stereocenters. The smallest absolute Gasteiger partial charge is 0.306 e. The highest BCUT2D eigenvalue weighted by Gasteiger charge is 2.17. The molecule has 0 aromatic carbocycles. The van der Waals surface area contributed by atoms with Crippen LogP contribution in [-0.2, 0) is 14.3 Å². The van der Waals surface area contributed by atoms with Gasteiger partial charge in [0.2, 0.25) is 0 Å². The molecule has 16 heavy (non-hydrogen) atoms. The number of carboxylic acid groups (broad SMARTS) is 1. The summed E-state index contributed by atoms with van der Waals surface area (Å²) in [5.74, 6) is -1.13. The summed E-state index contributed by atoms with van der Waals surface area (Å²) < 4.78 is 10.0. The van der Waals surface area contributed by atoms with Crippen LogP contribution in [0.3, 0.4) is 0 Å². The molecule has 0 aliphatic heterocycles. The summed E-state index contributed by atoms with van der Waals surface area (Å²) in [6.07, 6.45) is 2.84. The highest BCUT2D eigenvalue weighted by atomic mass is 16.7. The molecule has 0 heterocycles.